The molecule has 0 radical (unpaired) electrons. The highest BCUT2D eigenvalue weighted by atomic mass is 16.3. The Hall–Kier alpha value is -3.48. The molecule has 29 heavy (non-hydrogen) atoms. The molecule has 0 saturated carbocycles. The number of H-pyrrole nitrogens is 1. The van der Waals surface area contributed by atoms with Crippen molar-refractivity contribution in [3.05, 3.63) is 48.0 Å². The largest absolute Gasteiger partial charge is 0.503 e. The molecule has 4 aromatic rings. The van der Waals surface area contributed by atoms with Gasteiger partial charge in [0.15, 0.2) is 17.3 Å². The van der Waals surface area contributed by atoms with Gasteiger partial charge in [-0.1, -0.05) is 19.8 Å². The first kappa shape index (κ1) is 18.9. The van der Waals surface area contributed by atoms with Crippen molar-refractivity contribution in [3.63, 3.8) is 0 Å². The molecule has 0 aliphatic rings. The third kappa shape index (κ3) is 3.29. The average Bonchev–Trinajstić information content (AvgIpc) is 3.40. The molecular formula is C22H23N3O4. The summed E-state index contributed by atoms with van der Waals surface area (Å²) in [5, 5.41) is 21.4. The third-order valence-electron chi connectivity index (χ3n) is 5.04. The summed E-state index contributed by atoms with van der Waals surface area (Å²) in [5.74, 6) is 0.0190. The van der Waals surface area contributed by atoms with Gasteiger partial charge in [0.1, 0.15) is 11.5 Å². The smallest absolute Gasteiger partial charge is 0.240 e. The van der Waals surface area contributed by atoms with Gasteiger partial charge in [-0.2, -0.15) is 0 Å². The van der Waals surface area contributed by atoms with Crippen LogP contribution in [-0.2, 0) is 0 Å². The van der Waals surface area contributed by atoms with Crippen molar-refractivity contribution in [3.8, 4) is 28.8 Å². The molecule has 7 heteroatoms. The van der Waals surface area contributed by atoms with Gasteiger partial charge in [-0.15, -0.1) is 0 Å². The van der Waals surface area contributed by atoms with Crippen molar-refractivity contribution in [1.82, 2.24) is 14.5 Å². The number of aromatic hydroxyl groups is 2. The van der Waals surface area contributed by atoms with E-state index in [2.05, 4.69) is 16.9 Å². The summed E-state index contributed by atoms with van der Waals surface area (Å²) in [4.78, 5) is 20.2. The number of Topliss-reactive ketones (excluding diaryl/α,β-unsaturated/α-hetero) is 1. The lowest BCUT2D eigenvalue weighted by molar-refractivity contribution is 0.0977. The molecule has 0 spiro atoms. The highest BCUT2D eigenvalue weighted by Gasteiger charge is 2.30. The number of aromatic nitrogens is 3. The highest BCUT2D eigenvalue weighted by molar-refractivity contribution is 6.05. The number of furan rings is 1. The van der Waals surface area contributed by atoms with Crippen LogP contribution in [0.3, 0.4) is 0 Å². The van der Waals surface area contributed by atoms with Crippen LogP contribution in [0.2, 0.25) is 0 Å². The van der Waals surface area contributed by atoms with Crippen molar-refractivity contribution in [1.29, 1.82) is 0 Å². The summed E-state index contributed by atoms with van der Waals surface area (Å²) in [5.41, 5.74) is 2.54. The van der Waals surface area contributed by atoms with Crippen LogP contribution in [0.1, 0.15) is 48.7 Å². The molecule has 3 N–H and O–H groups in total. The van der Waals surface area contributed by atoms with Gasteiger partial charge >= 0.3 is 0 Å². The molecule has 0 amide bonds. The minimum Gasteiger partial charge on any atom is -0.503 e. The first-order chi connectivity index (χ1) is 14.0. The van der Waals surface area contributed by atoms with Crippen molar-refractivity contribution < 1.29 is 19.4 Å². The Labute approximate surface area is 167 Å². The zero-order chi connectivity index (χ0) is 20.5. The Kier molecular flexibility index (Phi) is 4.88. The molecule has 0 aliphatic carbocycles. The van der Waals surface area contributed by atoms with Gasteiger partial charge in [0.25, 0.3) is 0 Å². The van der Waals surface area contributed by atoms with Crippen molar-refractivity contribution in [2.24, 2.45) is 0 Å². The quantitative estimate of drug-likeness (QED) is 0.299. The summed E-state index contributed by atoms with van der Waals surface area (Å²) in [7, 11) is 0. The van der Waals surface area contributed by atoms with E-state index in [0.29, 0.717) is 22.9 Å². The molecule has 0 aliphatic heterocycles. The molecule has 0 unspecified atom stereocenters. The number of fused-ring (bicyclic) bond motifs is 1. The Morgan fingerprint density at radius 1 is 1.21 bits per heavy atom. The number of imidazole rings is 1. The lowest BCUT2D eigenvalue weighted by Crippen LogP contribution is -2.03. The van der Waals surface area contributed by atoms with Crippen LogP contribution in [-0.4, -0.2) is 30.5 Å². The van der Waals surface area contributed by atoms with Gasteiger partial charge in [-0.05, 0) is 43.7 Å². The van der Waals surface area contributed by atoms with Crippen LogP contribution in [0.15, 0.2) is 41.1 Å². The summed E-state index contributed by atoms with van der Waals surface area (Å²) < 4.78 is 7.22. The second-order valence-electron chi connectivity index (χ2n) is 7.13. The van der Waals surface area contributed by atoms with Gasteiger partial charge in [-0.25, -0.2) is 4.98 Å². The number of hydrogen-bond donors (Lipinski definition) is 3. The van der Waals surface area contributed by atoms with Crippen LogP contribution in [0.25, 0.3) is 28.2 Å². The number of hydrogen-bond acceptors (Lipinski definition) is 5. The molecule has 4 rings (SSSR count). The topological polar surface area (TPSA) is 104 Å². The molecule has 0 saturated heterocycles. The maximum absolute atomic E-state index is 13.0. The number of rotatable bonds is 7. The average molecular weight is 393 g/mol. The fraction of sp³-hybridized carbons (Fsp3) is 0.273. The zero-order valence-electron chi connectivity index (χ0n) is 16.4. The van der Waals surface area contributed by atoms with E-state index in [1.165, 1.54) is 4.57 Å². The minimum absolute atomic E-state index is 0.0812. The number of unbranched alkanes of at least 4 members (excludes halogenated alkanes) is 2. The maximum atomic E-state index is 13.0. The summed E-state index contributed by atoms with van der Waals surface area (Å²) in [6, 6.07) is 8.89. The number of benzene rings is 1. The first-order valence-electron chi connectivity index (χ1n) is 9.71. The predicted octanol–water partition coefficient (Wildman–Crippen LogP) is 5.10. The Balaban J connectivity index is 1.92. The molecule has 0 bridgehead atoms. The lowest BCUT2D eigenvalue weighted by atomic mass is 10.0. The van der Waals surface area contributed by atoms with Gasteiger partial charge < -0.3 is 19.6 Å². The third-order valence-corrected chi connectivity index (χ3v) is 5.04. The molecule has 0 atom stereocenters. The van der Waals surface area contributed by atoms with E-state index >= 15 is 0 Å². The van der Waals surface area contributed by atoms with Crippen molar-refractivity contribution in [2.75, 3.05) is 0 Å². The van der Waals surface area contributed by atoms with Crippen molar-refractivity contribution >= 4 is 16.8 Å². The summed E-state index contributed by atoms with van der Waals surface area (Å²) in [6.07, 6.45) is 4.50. The van der Waals surface area contributed by atoms with Gasteiger partial charge in [0, 0.05) is 6.42 Å². The first-order valence-corrected chi connectivity index (χ1v) is 9.71. The van der Waals surface area contributed by atoms with Crippen LogP contribution >= 0.6 is 0 Å². The fourth-order valence-electron chi connectivity index (χ4n) is 3.58. The molecule has 150 valence electrons. The molecule has 3 heterocycles. The van der Waals surface area contributed by atoms with E-state index in [4.69, 9.17) is 4.42 Å². The maximum Gasteiger partial charge on any atom is 0.240 e. The SMILES string of the molecule is CCCCCC(=O)c1c(O)c(O)n(-c2ccc3nc[nH]c3c2)c1-c1ccc(C)o1. The van der Waals surface area contributed by atoms with Gasteiger partial charge in [-0.3, -0.25) is 9.36 Å². The van der Waals surface area contributed by atoms with E-state index in [0.717, 1.165) is 30.3 Å². The number of carbonyl (C=O) groups excluding carboxylic acids is 1. The molecule has 0 fully saturated rings. The number of aryl methyl sites for hydroxylation is 1. The number of aromatic amines is 1. The van der Waals surface area contributed by atoms with Crippen LogP contribution < -0.4 is 0 Å². The molecule has 7 nitrogen and oxygen atoms in total. The van der Waals surface area contributed by atoms with E-state index < -0.39 is 11.6 Å². The number of nitrogens with one attached hydrogen (secondary N) is 1. The monoisotopic (exact) mass is 393 g/mol. The Morgan fingerprint density at radius 2 is 2.03 bits per heavy atom. The zero-order valence-corrected chi connectivity index (χ0v) is 16.4. The molecule has 3 aromatic heterocycles. The second kappa shape index (κ2) is 7.50. The number of nitrogens with zero attached hydrogens (tertiary/aromatic N) is 2. The van der Waals surface area contributed by atoms with Gasteiger partial charge in [0.05, 0.1) is 28.6 Å². The Bertz CT molecular complexity index is 1180. The number of carbonyl (C=O) groups is 1. The van der Waals surface area contributed by atoms with Gasteiger partial charge in [0.2, 0.25) is 5.88 Å². The van der Waals surface area contributed by atoms with E-state index in [9.17, 15) is 15.0 Å². The lowest BCUT2D eigenvalue weighted by Gasteiger charge is -2.10. The van der Waals surface area contributed by atoms with E-state index in [-0.39, 0.29) is 17.8 Å². The molecule has 1 aromatic carbocycles. The predicted molar refractivity (Wildman–Crippen MR) is 110 cm³/mol. The fourth-order valence-corrected chi connectivity index (χ4v) is 3.58. The number of ketones is 1. The van der Waals surface area contributed by atoms with E-state index in [1.807, 2.05) is 0 Å². The van der Waals surface area contributed by atoms with Crippen LogP contribution in [0.4, 0.5) is 0 Å². The second-order valence-corrected chi connectivity index (χ2v) is 7.13. The van der Waals surface area contributed by atoms with Crippen LogP contribution in [0, 0.1) is 6.92 Å². The minimum atomic E-state index is -0.430. The highest BCUT2D eigenvalue weighted by Crippen LogP contribution is 2.44. The standard InChI is InChI=1S/C22H23N3O4/c1-3-4-5-6-17(26)19-20(18-10-7-13(2)29-18)25(22(28)21(19)27)14-8-9-15-16(11-14)24-12-23-15/h7-12,27-28H,3-6H2,1-2H3,(H,23,24). The van der Waals surface area contributed by atoms with Crippen LogP contribution in [0.5, 0.6) is 11.6 Å². The van der Waals surface area contributed by atoms with E-state index in [1.54, 1.807) is 43.6 Å². The summed E-state index contributed by atoms with van der Waals surface area (Å²) in [6.45, 7) is 3.86. The summed E-state index contributed by atoms with van der Waals surface area (Å²) >= 11 is 0. The normalized spacial score (nSPS) is 11.4. The Morgan fingerprint density at radius 3 is 2.76 bits per heavy atom. The molecular weight excluding hydrogens is 370 g/mol. The van der Waals surface area contributed by atoms with Crippen molar-refractivity contribution in [2.45, 2.75) is 39.5 Å².